The second-order valence-corrected chi connectivity index (χ2v) is 4.79. The van der Waals surface area contributed by atoms with Crippen LogP contribution in [0.4, 0.5) is 5.69 Å². The molecule has 1 heterocycles. The van der Waals surface area contributed by atoms with E-state index in [-0.39, 0.29) is 17.0 Å². The van der Waals surface area contributed by atoms with E-state index in [2.05, 4.69) is 5.32 Å². The quantitative estimate of drug-likeness (QED) is 0.846. The maximum atomic E-state index is 11.9. The summed E-state index contributed by atoms with van der Waals surface area (Å²) in [6.45, 7) is 3.79. The van der Waals surface area contributed by atoms with Crippen molar-refractivity contribution in [2.75, 3.05) is 5.32 Å². The molecule has 18 heavy (non-hydrogen) atoms. The van der Waals surface area contributed by atoms with E-state index in [1.807, 2.05) is 31.2 Å². The Morgan fingerprint density at radius 2 is 1.89 bits per heavy atom. The topological polar surface area (TPSA) is 42.2 Å². The van der Waals surface area contributed by atoms with Gasteiger partial charge in [0.05, 0.1) is 5.38 Å². The number of furan rings is 1. The molecular weight excluding hydrogens is 250 g/mol. The average molecular weight is 264 g/mol. The van der Waals surface area contributed by atoms with E-state index in [0.717, 1.165) is 11.3 Å². The summed E-state index contributed by atoms with van der Waals surface area (Å²) in [5, 5.41) is 2.52. The number of carbonyl (C=O) groups excluding carboxylic acids is 1. The Morgan fingerprint density at radius 3 is 2.44 bits per heavy atom. The van der Waals surface area contributed by atoms with Gasteiger partial charge in [-0.05, 0) is 38.1 Å². The van der Waals surface area contributed by atoms with Crippen molar-refractivity contribution < 1.29 is 9.21 Å². The van der Waals surface area contributed by atoms with E-state index in [4.69, 9.17) is 16.0 Å². The molecule has 0 fully saturated rings. The van der Waals surface area contributed by atoms with E-state index in [1.165, 1.54) is 0 Å². The molecular formula is C14H14ClNO2. The van der Waals surface area contributed by atoms with E-state index < -0.39 is 0 Å². The lowest BCUT2D eigenvalue weighted by Gasteiger charge is -2.03. The molecule has 0 aliphatic rings. The van der Waals surface area contributed by atoms with Crippen LogP contribution in [0.5, 0.6) is 0 Å². The van der Waals surface area contributed by atoms with E-state index in [1.54, 1.807) is 19.1 Å². The molecule has 0 radical (unpaired) electrons. The van der Waals surface area contributed by atoms with Gasteiger partial charge in [0, 0.05) is 5.69 Å². The van der Waals surface area contributed by atoms with Crippen LogP contribution in [0.25, 0.3) is 0 Å². The van der Waals surface area contributed by atoms with Gasteiger partial charge in [-0.1, -0.05) is 17.7 Å². The van der Waals surface area contributed by atoms with Crippen LogP contribution in [0.3, 0.4) is 0 Å². The summed E-state index contributed by atoms with van der Waals surface area (Å²) in [4.78, 5) is 11.9. The maximum Gasteiger partial charge on any atom is 0.291 e. The molecule has 1 atom stereocenters. The largest absolute Gasteiger partial charge is 0.454 e. The number of amides is 1. The first-order chi connectivity index (χ1) is 8.56. The molecule has 0 bridgehead atoms. The van der Waals surface area contributed by atoms with Gasteiger partial charge in [-0.2, -0.15) is 0 Å². The molecule has 0 saturated heterocycles. The van der Waals surface area contributed by atoms with Gasteiger partial charge in [-0.3, -0.25) is 4.79 Å². The van der Waals surface area contributed by atoms with Crippen LogP contribution in [0.15, 0.2) is 40.8 Å². The molecule has 0 spiro atoms. The van der Waals surface area contributed by atoms with Crippen LogP contribution in [-0.4, -0.2) is 5.91 Å². The summed E-state index contributed by atoms with van der Waals surface area (Å²) in [6.07, 6.45) is 0. The second-order valence-electron chi connectivity index (χ2n) is 4.14. The molecule has 1 aromatic carbocycles. The first kappa shape index (κ1) is 12.7. The van der Waals surface area contributed by atoms with Gasteiger partial charge in [-0.15, -0.1) is 11.6 Å². The van der Waals surface area contributed by atoms with Crippen LogP contribution in [0, 0.1) is 6.92 Å². The van der Waals surface area contributed by atoms with Gasteiger partial charge < -0.3 is 9.73 Å². The van der Waals surface area contributed by atoms with Crippen LogP contribution >= 0.6 is 11.6 Å². The Kier molecular flexibility index (Phi) is 3.72. The van der Waals surface area contributed by atoms with E-state index in [0.29, 0.717) is 5.76 Å². The van der Waals surface area contributed by atoms with Crippen molar-refractivity contribution in [2.24, 2.45) is 0 Å². The standard InChI is InChI=1S/C14H14ClNO2/c1-9-3-5-11(6-4-9)16-14(17)13-8-7-12(18-13)10(2)15/h3-8,10H,1-2H3,(H,16,17). The highest BCUT2D eigenvalue weighted by molar-refractivity contribution is 6.20. The van der Waals surface area contributed by atoms with Gasteiger partial charge in [0.15, 0.2) is 5.76 Å². The summed E-state index contributed by atoms with van der Waals surface area (Å²) in [5.74, 6) is 0.575. The number of hydrogen-bond donors (Lipinski definition) is 1. The first-order valence-electron chi connectivity index (χ1n) is 5.68. The van der Waals surface area contributed by atoms with Crippen molar-refractivity contribution in [3.8, 4) is 0 Å². The number of alkyl halides is 1. The highest BCUT2D eigenvalue weighted by atomic mass is 35.5. The fourth-order valence-corrected chi connectivity index (χ4v) is 1.64. The summed E-state index contributed by atoms with van der Waals surface area (Å²) >= 11 is 5.87. The fourth-order valence-electron chi connectivity index (χ4n) is 1.52. The third kappa shape index (κ3) is 2.93. The minimum Gasteiger partial charge on any atom is -0.454 e. The number of rotatable bonds is 3. The number of halogens is 1. The second kappa shape index (κ2) is 5.27. The summed E-state index contributed by atoms with van der Waals surface area (Å²) in [7, 11) is 0. The van der Waals surface area contributed by atoms with Gasteiger partial charge in [-0.25, -0.2) is 0 Å². The number of nitrogens with one attached hydrogen (secondary N) is 1. The predicted molar refractivity (Wildman–Crippen MR) is 72.1 cm³/mol. The Hall–Kier alpha value is -1.74. The number of hydrogen-bond acceptors (Lipinski definition) is 2. The molecule has 94 valence electrons. The van der Waals surface area contributed by atoms with Gasteiger partial charge in [0.1, 0.15) is 5.76 Å². The number of carbonyl (C=O) groups is 1. The number of benzene rings is 1. The van der Waals surface area contributed by atoms with Gasteiger partial charge >= 0.3 is 0 Å². The number of anilines is 1. The highest BCUT2D eigenvalue weighted by Gasteiger charge is 2.13. The third-order valence-corrected chi connectivity index (χ3v) is 2.77. The van der Waals surface area contributed by atoms with E-state index >= 15 is 0 Å². The minimum absolute atomic E-state index is 0.245. The molecule has 0 aliphatic heterocycles. The van der Waals surface area contributed by atoms with Crippen molar-refractivity contribution in [3.05, 3.63) is 53.5 Å². The van der Waals surface area contributed by atoms with Crippen molar-refractivity contribution in [1.82, 2.24) is 0 Å². The zero-order chi connectivity index (χ0) is 13.1. The van der Waals surface area contributed by atoms with Crippen molar-refractivity contribution in [2.45, 2.75) is 19.2 Å². The zero-order valence-electron chi connectivity index (χ0n) is 10.2. The number of aryl methyl sites for hydroxylation is 1. The van der Waals surface area contributed by atoms with Gasteiger partial charge in [0.2, 0.25) is 0 Å². The van der Waals surface area contributed by atoms with E-state index in [9.17, 15) is 4.79 Å². The van der Waals surface area contributed by atoms with Gasteiger partial charge in [0.25, 0.3) is 5.91 Å². The third-order valence-electron chi connectivity index (χ3n) is 2.55. The fraction of sp³-hybridized carbons (Fsp3) is 0.214. The Balaban J connectivity index is 2.09. The minimum atomic E-state index is -0.276. The molecule has 4 heteroatoms. The Bertz CT molecular complexity index is 543. The molecule has 0 aliphatic carbocycles. The molecule has 1 N–H and O–H groups in total. The lowest BCUT2D eigenvalue weighted by atomic mass is 10.2. The SMILES string of the molecule is Cc1ccc(NC(=O)c2ccc(C(C)Cl)o2)cc1. The zero-order valence-corrected chi connectivity index (χ0v) is 11.0. The average Bonchev–Trinajstić information content (AvgIpc) is 2.81. The lowest BCUT2D eigenvalue weighted by molar-refractivity contribution is 0.0995. The van der Waals surface area contributed by atoms with Crippen molar-refractivity contribution >= 4 is 23.2 Å². The predicted octanol–water partition coefficient (Wildman–Crippen LogP) is 4.14. The highest BCUT2D eigenvalue weighted by Crippen LogP contribution is 2.22. The van der Waals surface area contributed by atoms with Crippen LogP contribution in [0.2, 0.25) is 0 Å². The first-order valence-corrected chi connectivity index (χ1v) is 6.12. The molecule has 2 rings (SSSR count). The van der Waals surface area contributed by atoms with Crippen LogP contribution in [0.1, 0.15) is 34.2 Å². The monoisotopic (exact) mass is 263 g/mol. The summed E-state index contributed by atoms with van der Waals surface area (Å²) in [5.41, 5.74) is 1.88. The molecule has 2 aromatic rings. The molecule has 0 saturated carbocycles. The molecule has 1 aromatic heterocycles. The van der Waals surface area contributed by atoms with Crippen LogP contribution in [-0.2, 0) is 0 Å². The Labute approximate surface area is 111 Å². The van der Waals surface area contributed by atoms with Crippen molar-refractivity contribution in [3.63, 3.8) is 0 Å². The molecule has 1 unspecified atom stereocenters. The normalized spacial score (nSPS) is 12.2. The molecule has 3 nitrogen and oxygen atoms in total. The van der Waals surface area contributed by atoms with Crippen LogP contribution < -0.4 is 5.32 Å². The lowest BCUT2D eigenvalue weighted by Crippen LogP contribution is -2.10. The maximum absolute atomic E-state index is 11.9. The smallest absolute Gasteiger partial charge is 0.291 e. The summed E-state index contributed by atoms with van der Waals surface area (Å²) < 4.78 is 5.36. The molecule has 1 amide bonds. The van der Waals surface area contributed by atoms with Crippen molar-refractivity contribution in [1.29, 1.82) is 0 Å². The summed E-state index contributed by atoms with van der Waals surface area (Å²) in [6, 6.07) is 10.9. The Morgan fingerprint density at radius 1 is 1.22 bits per heavy atom.